The van der Waals surface area contributed by atoms with Gasteiger partial charge >= 0.3 is 0 Å². The Kier molecular flexibility index (Phi) is 5.05. The number of guanidine groups is 1. The van der Waals surface area contributed by atoms with Crippen LogP contribution in [0.2, 0.25) is 0 Å². The van der Waals surface area contributed by atoms with Crippen LogP contribution in [-0.2, 0) is 6.54 Å². The average molecular weight is 383 g/mol. The lowest BCUT2D eigenvalue weighted by Gasteiger charge is -2.20. The van der Waals surface area contributed by atoms with Crippen molar-refractivity contribution in [3.8, 4) is 0 Å². The van der Waals surface area contributed by atoms with E-state index in [4.69, 9.17) is 4.42 Å². The summed E-state index contributed by atoms with van der Waals surface area (Å²) in [6.45, 7) is 1.50. The third-order valence-corrected chi connectivity index (χ3v) is 3.26. The van der Waals surface area contributed by atoms with E-state index in [0.29, 0.717) is 0 Å². The second-order valence-electron chi connectivity index (χ2n) is 4.71. The van der Waals surface area contributed by atoms with Crippen molar-refractivity contribution in [1.29, 1.82) is 0 Å². The Labute approximate surface area is 135 Å². The molecule has 3 rings (SSSR count). The number of hydrogen-bond acceptors (Lipinski definition) is 4. The maximum Gasteiger partial charge on any atom is 0.194 e. The Morgan fingerprint density at radius 1 is 1.25 bits per heavy atom. The molecule has 0 fully saturated rings. The van der Waals surface area contributed by atoms with Crippen LogP contribution in [0.25, 0.3) is 0 Å². The smallest absolute Gasteiger partial charge is 0.194 e. The molecule has 0 amide bonds. The largest absolute Gasteiger partial charge is 0.467 e. The number of halogens is 1. The SMILES string of the molecule is CN(Cc1ccco1)C1=NCC(c2ccccc2)N1.I. The summed E-state index contributed by atoms with van der Waals surface area (Å²) in [5.41, 5.74) is 1.27. The summed E-state index contributed by atoms with van der Waals surface area (Å²) in [4.78, 5) is 6.63. The Balaban J connectivity index is 0.00000147. The minimum Gasteiger partial charge on any atom is -0.467 e. The lowest BCUT2D eigenvalue weighted by molar-refractivity contribution is 0.402. The van der Waals surface area contributed by atoms with Crippen molar-refractivity contribution in [2.24, 2.45) is 4.99 Å². The maximum atomic E-state index is 5.35. The number of furan rings is 1. The van der Waals surface area contributed by atoms with Gasteiger partial charge in [0.1, 0.15) is 5.76 Å². The molecule has 1 N–H and O–H groups in total. The van der Waals surface area contributed by atoms with Crippen LogP contribution in [0.4, 0.5) is 0 Å². The van der Waals surface area contributed by atoms with Gasteiger partial charge in [-0.2, -0.15) is 0 Å². The molecule has 0 aliphatic carbocycles. The highest BCUT2D eigenvalue weighted by atomic mass is 127. The Morgan fingerprint density at radius 2 is 2.05 bits per heavy atom. The van der Waals surface area contributed by atoms with Crippen LogP contribution in [0.15, 0.2) is 58.1 Å². The molecule has 1 aliphatic heterocycles. The van der Waals surface area contributed by atoms with Crippen molar-refractivity contribution < 1.29 is 4.42 Å². The monoisotopic (exact) mass is 383 g/mol. The van der Waals surface area contributed by atoms with Gasteiger partial charge in [-0.05, 0) is 17.7 Å². The minimum absolute atomic E-state index is 0. The van der Waals surface area contributed by atoms with Crippen molar-refractivity contribution >= 4 is 29.9 Å². The summed E-state index contributed by atoms with van der Waals surface area (Å²) in [7, 11) is 2.02. The van der Waals surface area contributed by atoms with E-state index in [1.165, 1.54) is 5.56 Å². The summed E-state index contributed by atoms with van der Waals surface area (Å²) in [5, 5.41) is 3.45. The lowest BCUT2D eigenvalue weighted by Crippen LogP contribution is -2.36. The molecule has 0 saturated carbocycles. The molecule has 2 heterocycles. The second-order valence-corrected chi connectivity index (χ2v) is 4.71. The number of hydrogen-bond donors (Lipinski definition) is 1. The standard InChI is InChI=1S/C15H17N3O.HI/c1-18(11-13-8-5-9-19-13)15-16-10-14(17-15)12-6-3-2-4-7-12;/h2-9,14H,10-11H2,1H3,(H,16,17);1H. The maximum absolute atomic E-state index is 5.35. The molecule has 20 heavy (non-hydrogen) atoms. The van der Waals surface area contributed by atoms with Crippen molar-refractivity contribution in [3.05, 3.63) is 60.1 Å². The molecule has 1 aromatic carbocycles. The van der Waals surface area contributed by atoms with E-state index in [1.807, 2.05) is 25.2 Å². The quantitative estimate of drug-likeness (QED) is 0.829. The minimum atomic E-state index is 0. The van der Waals surface area contributed by atoms with Gasteiger partial charge in [-0.15, -0.1) is 24.0 Å². The zero-order valence-electron chi connectivity index (χ0n) is 11.3. The first-order valence-electron chi connectivity index (χ1n) is 6.42. The summed E-state index contributed by atoms with van der Waals surface area (Å²) in [6, 6.07) is 14.5. The van der Waals surface area contributed by atoms with E-state index >= 15 is 0 Å². The van der Waals surface area contributed by atoms with Crippen molar-refractivity contribution in [1.82, 2.24) is 10.2 Å². The summed E-state index contributed by atoms with van der Waals surface area (Å²) < 4.78 is 5.35. The van der Waals surface area contributed by atoms with E-state index in [-0.39, 0.29) is 30.0 Å². The van der Waals surface area contributed by atoms with Gasteiger partial charge in [-0.25, -0.2) is 0 Å². The van der Waals surface area contributed by atoms with Crippen molar-refractivity contribution in [2.75, 3.05) is 13.6 Å². The third kappa shape index (κ3) is 3.33. The van der Waals surface area contributed by atoms with Gasteiger partial charge < -0.3 is 14.6 Å². The van der Waals surface area contributed by atoms with Crippen LogP contribution in [0.3, 0.4) is 0 Å². The van der Waals surface area contributed by atoms with E-state index < -0.39 is 0 Å². The number of rotatable bonds is 3. The number of nitrogens with one attached hydrogen (secondary N) is 1. The van der Waals surface area contributed by atoms with Gasteiger partial charge in [-0.3, -0.25) is 4.99 Å². The fourth-order valence-electron chi connectivity index (χ4n) is 2.24. The molecule has 4 nitrogen and oxygen atoms in total. The number of aliphatic imine (C=N–C) groups is 1. The lowest BCUT2D eigenvalue weighted by atomic mass is 10.1. The Hall–Kier alpha value is -1.50. The van der Waals surface area contributed by atoms with Crippen LogP contribution in [0, 0.1) is 0 Å². The molecule has 106 valence electrons. The number of nitrogens with zero attached hydrogens (tertiary/aromatic N) is 2. The predicted octanol–water partition coefficient (Wildman–Crippen LogP) is 3.03. The summed E-state index contributed by atoms with van der Waals surface area (Å²) in [5.74, 6) is 1.86. The van der Waals surface area contributed by atoms with Crippen LogP contribution in [0.1, 0.15) is 17.4 Å². The molecule has 0 saturated heterocycles. The van der Waals surface area contributed by atoms with E-state index in [0.717, 1.165) is 24.8 Å². The van der Waals surface area contributed by atoms with Crippen molar-refractivity contribution in [2.45, 2.75) is 12.6 Å². The third-order valence-electron chi connectivity index (χ3n) is 3.26. The molecule has 1 aromatic heterocycles. The predicted molar refractivity (Wildman–Crippen MR) is 90.2 cm³/mol. The molecular weight excluding hydrogens is 365 g/mol. The fourth-order valence-corrected chi connectivity index (χ4v) is 2.24. The highest BCUT2D eigenvalue weighted by Crippen LogP contribution is 2.18. The zero-order valence-corrected chi connectivity index (χ0v) is 13.7. The molecule has 0 radical (unpaired) electrons. The van der Waals surface area contributed by atoms with Crippen LogP contribution in [-0.4, -0.2) is 24.5 Å². The molecule has 1 atom stereocenters. The molecule has 5 heteroatoms. The first-order valence-corrected chi connectivity index (χ1v) is 6.42. The molecule has 0 spiro atoms. The number of benzene rings is 1. The van der Waals surface area contributed by atoms with Gasteiger partial charge in [0.05, 0.1) is 25.4 Å². The van der Waals surface area contributed by atoms with Gasteiger partial charge in [-0.1, -0.05) is 30.3 Å². The Morgan fingerprint density at radius 3 is 2.75 bits per heavy atom. The second kappa shape index (κ2) is 6.78. The molecule has 2 aromatic rings. The van der Waals surface area contributed by atoms with E-state index in [9.17, 15) is 0 Å². The topological polar surface area (TPSA) is 40.8 Å². The Bertz CT molecular complexity index is 554. The van der Waals surface area contributed by atoms with Gasteiger partial charge in [0, 0.05) is 7.05 Å². The molecule has 0 bridgehead atoms. The van der Waals surface area contributed by atoms with Gasteiger partial charge in [0.15, 0.2) is 5.96 Å². The van der Waals surface area contributed by atoms with Crippen molar-refractivity contribution in [3.63, 3.8) is 0 Å². The molecule has 1 aliphatic rings. The summed E-state index contributed by atoms with van der Waals surface area (Å²) >= 11 is 0. The highest BCUT2D eigenvalue weighted by molar-refractivity contribution is 14.0. The highest BCUT2D eigenvalue weighted by Gasteiger charge is 2.21. The van der Waals surface area contributed by atoms with Crippen LogP contribution >= 0.6 is 24.0 Å². The zero-order chi connectivity index (χ0) is 13.1. The fraction of sp³-hybridized carbons (Fsp3) is 0.267. The van der Waals surface area contributed by atoms with Crippen LogP contribution in [0.5, 0.6) is 0 Å². The average Bonchev–Trinajstić information content (AvgIpc) is 3.10. The van der Waals surface area contributed by atoms with Crippen LogP contribution < -0.4 is 5.32 Å². The first kappa shape index (κ1) is 14.9. The van der Waals surface area contributed by atoms with Gasteiger partial charge in [0.25, 0.3) is 0 Å². The normalized spacial score (nSPS) is 17.1. The molecule has 1 unspecified atom stereocenters. The van der Waals surface area contributed by atoms with E-state index in [2.05, 4.69) is 39.5 Å². The van der Waals surface area contributed by atoms with Gasteiger partial charge in [0.2, 0.25) is 0 Å². The molecular formula is C15H18IN3O. The summed E-state index contributed by atoms with van der Waals surface area (Å²) in [6.07, 6.45) is 1.69. The first-order chi connectivity index (χ1) is 9.33. The van der Waals surface area contributed by atoms with E-state index in [1.54, 1.807) is 6.26 Å².